The Balaban J connectivity index is 1.52. The molecule has 11 heteroatoms. The zero-order valence-electron chi connectivity index (χ0n) is 19.1. The molecule has 0 aromatic carbocycles. The highest BCUT2D eigenvalue weighted by atomic mass is 79.9. The first-order valence-corrected chi connectivity index (χ1v) is 12.9. The van der Waals surface area contributed by atoms with Gasteiger partial charge in [0.05, 0.1) is 31.2 Å². The van der Waals surface area contributed by atoms with Crippen LogP contribution in [-0.2, 0) is 23.9 Å². The van der Waals surface area contributed by atoms with Crippen molar-refractivity contribution in [2.45, 2.75) is 48.3 Å². The molecular formula is C22H35BrN4O6. The second-order valence-electron chi connectivity index (χ2n) is 9.34. The van der Waals surface area contributed by atoms with E-state index in [1.165, 1.54) is 0 Å². The summed E-state index contributed by atoms with van der Waals surface area (Å²) in [5, 5.41) is 14.8. The number of unbranched alkanes of at least 4 members (excludes halogenated alkanes) is 2. The Morgan fingerprint density at radius 1 is 1.18 bits per heavy atom. The van der Waals surface area contributed by atoms with E-state index >= 15 is 0 Å². The Labute approximate surface area is 202 Å². The number of likely N-dealkylation sites (tertiary alicyclic amines) is 1. The lowest BCUT2D eigenvalue weighted by Crippen LogP contribution is -2.56. The van der Waals surface area contributed by atoms with Gasteiger partial charge in [-0.3, -0.25) is 19.3 Å². The predicted molar refractivity (Wildman–Crippen MR) is 123 cm³/mol. The van der Waals surface area contributed by atoms with Crippen LogP contribution < -0.4 is 10.6 Å². The van der Waals surface area contributed by atoms with Gasteiger partial charge in [-0.15, -0.1) is 0 Å². The molecule has 3 N–H and O–H groups in total. The molecule has 3 amide bonds. The molecule has 4 rings (SSSR count). The lowest BCUT2D eigenvalue weighted by Gasteiger charge is -2.34. The molecule has 4 heterocycles. The number of morpholine rings is 1. The average Bonchev–Trinajstić information content (AvgIpc) is 3.40. The summed E-state index contributed by atoms with van der Waals surface area (Å²) in [6.07, 6.45) is 2.16. The van der Waals surface area contributed by atoms with E-state index in [2.05, 4.69) is 31.5 Å². The van der Waals surface area contributed by atoms with Crippen LogP contribution in [0.25, 0.3) is 0 Å². The summed E-state index contributed by atoms with van der Waals surface area (Å²) in [5.74, 6) is -1.91. The van der Waals surface area contributed by atoms with Crippen LogP contribution in [0.1, 0.15) is 25.7 Å². The lowest BCUT2D eigenvalue weighted by atomic mass is 9.70. The molecule has 10 nitrogen and oxygen atoms in total. The summed E-state index contributed by atoms with van der Waals surface area (Å²) in [7, 11) is 1.56. The van der Waals surface area contributed by atoms with Crippen molar-refractivity contribution in [2.24, 2.45) is 11.8 Å². The van der Waals surface area contributed by atoms with Crippen molar-refractivity contribution in [3.05, 3.63) is 0 Å². The average molecular weight is 531 g/mol. The van der Waals surface area contributed by atoms with Crippen molar-refractivity contribution >= 4 is 33.7 Å². The number of alkyl halides is 1. The van der Waals surface area contributed by atoms with Gasteiger partial charge in [0, 0.05) is 51.2 Å². The van der Waals surface area contributed by atoms with Gasteiger partial charge in [0.15, 0.2) is 0 Å². The van der Waals surface area contributed by atoms with Crippen molar-refractivity contribution in [1.29, 1.82) is 0 Å². The summed E-state index contributed by atoms with van der Waals surface area (Å²) < 4.78 is 11.8. The van der Waals surface area contributed by atoms with Crippen LogP contribution in [0.5, 0.6) is 0 Å². The highest BCUT2D eigenvalue weighted by Crippen LogP contribution is 2.59. The fourth-order valence-corrected chi connectivity index (χ4v) is 6.91. The van der Waals surface area contributed by atoms with Crippen LogP contribution >= 0.6 is 15.9 Å². The quantitative estimate of drug-likeness (QED) is 0.247. The monoisotopic (exact) mass is 530 g/mol. The third-order valence-corrected chi connectivity index (χ3v) is 8.32. The number of nitrogens with zero attached hydrogens (tertiary/aromatic N) is 2. The Morgan fingerprint density at radius 2 is 1.94 bits per heavy atom. The van der Waals surface area contributed by atoms with Gasteiger partial charge in [-0.25, -0.2) is 0 Å². The number of fused-ring (bicyclic) bond motifs is 1. The summed E-state index contributed by atoms with van der Waals surface area (Å²) >= 11 is 3.65. The molecule has 4 fully saturated rings. The maximum absolute atomic E-state index is 13.6. The first-order chi connectivity index (χ1) is 15.9. The normalized spacial score (nSPS) is 35.7. The molecule has 4 saturated heterocycles. The number of ether oxygens (including phenoxy) is 2. The molecule has 186 valence electrons. The minimum Gasteiger partial charge on any atom is -0.396 e. The predicted octanol–water partition coefficient (Wildman–Crippen LogP) is -0.909. The van der Waals surface area contributed by atoms with E-state index in [1.54, 1.807) is 11.9 Å². The molecule has 1 spiro atoms. The molecule has 33 heavy (non-hydrogen) atoms. The lowest BCUT2D eigenvalue weighted by molar-refractivity contribution is -0.142. The number of aliphatic hydroxyl groups is 1. The second-order valence-corrected chi connectivity index (χ2v) is 10.5. The molecule has 0 radical (unpaired) electrons. The van der Waals surface area contributed by atoms with Gasteiger partial charge in [0.1, 0.15) is 11.6 Å². The maximum Gasteiger partial charge on any atom is 0.245 e. The summed E-state index contributed by atoms with van der Waals surface area (Å²) in [6, 6.07) is -0.770. The van der Waals surface area contributed by atoms with Crippen molar-refractivity contribution < 1.29 is 29.0 Å². The smallest absolute Gasteiger partial charge is 0.245 e. The number of carbonyl (C=O) groups excluding carboxylic acids is 3. The van der Waals surface area contributed by atoms with Gasteiger partial charge in [-0.1, -0.05) is 15.9 Å². The van der Waals surface area contributed by atoms with E-state index in [0.29, 0.717) is 52.1 Å². The maximum atomic E-state index is 13.6. The largest absolute Gasteiger partial charge is 0.396 e. The summed E-state index contributed by atoms with van der Waals surface area (Å²) in [5.41, 5.74) is -1.01. The molecule has 3 unspecified atom stereocenters. The molecule has 6 atom stereocenters. The number of carbonyl (C=O) groups is 3. The Bertz CT molecular complexity index is 750. The summed E-state index contributed by atoms with van der Waals surface area (Å²) in [6.45, 7) is 4.76. The van der Waals surface area contributed by atoms with Crippen LogP contribution in [0, 0.1) is 11.8 Å². The number of aliphatic hydroxyl groups excluding tert-OH is 1. The van der Waals surface area contributed by atoms with Crippen molar-refractivity contribution in [2.75, 3.05) is 59.6 Å². The van der Waals surface area contributed by atoms with Crippen LogP contribution in [0.15, 0.2) is 0 Å². The van der Waals surface area contributed by atoms with E-state index in [1.807, 2.05) is 0 Å². The van der Waals surface area contributed by atoms with Gasteiger partial charge in [0.2, 0.25) is 17.7 Å². The molecule has 0 aromatic rings. The molecular weight excluding hydrogens is 496 g/mol. The van der Waals surface area contributed by atoms with Gasteiger partial charge < -0.3 is 30.1 Å². The highest BCUT2D eigenvalue weighted by molar-refractivity contribution is 9.09. The molecule has 4 aliphatic rings. The minimum atomic E-state index is -1.01. The van der Waals surface area contributed by atoms with Crippen LogP contribution in [0.4, 0.5) is 0 Å². The Morgan fingerprint density at radius 3 is 2.64 bits per heavy atom. The highest BCUT2D eigenvalue weighted by Gasteiger charge is 2.76. The van der Waals surface area contributed by atoms with Gasteiger partial charge in [-0.05, 0) is 25.7 Å². The van der Waals surface area contributed by atoms with E-state index in [0.717, 1.165) is 19.5 Å². The number of hydrogen-bond donors (Lipinski definition) is 3. The number of halogens is 1. The zero-order valence-corrected chi connectivity index (χ0v) is 20.7. The fraction of sp³-hybridized carbons (Fsp3) is 0.864. The van der Waals surface area contributed by atoms with Gasteiger partial charge >= 0.3 is 0 Å². The van der Waals surface area contributed by atoms with Crippen molar-refractivity contribution in [1.82, 2.24) is 20.4 Å². The van der Waals surface area contributed by atoms with Gasteiger partial charge in [-0.2, -0.15) is 0 Å². The molecule has 0 aliphatic carbocycles. The molecule has 4 aliphatic heterocycles. The number of amides is 3. The third kappa shape index (κ3) is 4.54. The standard InChI is InChI=1S/C22H35BrN4O6/c1-24-19(29)15-16-21(31)27(6-3-2-4-10-28)18(22(16)13-14(23)17(15)33-22)20(30)25-5-7-26-8-11-32-12-9-26/h14-18,28H,2-13H2,1H3,(H,24,29)(H,25,30)/t14?,15-,16+,17-,18?,22?/m1/s1. The number of nitrogens with one attached hydrogen (secondary N) is 2. The second kappa shape index (κ2) is 10.6. The molecule has 2 bridgehead atoms. The van der Waals surface area contributed by atoms with Crippen molar-refractivity contribution in [3.63, 3.8) is 0 Å². The Hall–Kier alpha value is -1.27. The van der Waals surface area contributed by atoms with E-state index in [9.17, 15) is 14.4 Å². The number of hydrogen-bond acceptors (Lipinski definition) is 7. The van der Waals surface area contributed by atoms with Crippen LogP contribution in [0.2, 0.25) is 0 Å². The SMILES string of the molecule is CNC(=O)[C@H]1[C@@H]2OC3(CC2Br)C(C(=O)NCCN2CCOCC2)N(CCCCCO)C(=O)[C@H]13. The van der Waals surface area contributed by atoms with E-state index in [4.69, 9.17) is 14.6 Å². The van der Waals surface area contributed by atoms with Crippen LogP contribution in [0.3, 0.4) is 0 Å². The van der Waals surface area contributed by atoms with Gasteiger partial charge in [0.25, 0.3) is 0 Å². The van der Waals surface area contributed by atoms with Crippen molar-refractivity contribution in [3.8, 4) is 0 Å². The minimum absolute atomic E-state index is 0.0955. The molecule has 0 saturated carbocycles. The van der Waals surface area contributed by atoms with E-state index in [-0.39, 0.29) is 29.2 Å². The first-order valence-electron chi connectivity index (χ1n) is 12.0. The van der Waals surface area contributed by atoms with E-state index < -0.39 is 29.6 Å². The zero-order chi connectivity index (χ0) is 23.6. The number of rotatable bonds is 10. The fourth-order valence-electron chi connectivity index (χ4n) is 5.97. The summed E-state index contributed by atoms with van der Waals surface area (Å²) in [4.78, 5) is 43.6. The van der Waals surface area contributed by atoms with Crippen LogP contribution in [-0.4, -0.2) is 115 Å². The Kier molecular flexibility index (Phi) is 7.95. The topological polar surface area (TPSA) is 120 Å². The first kappa shape index (κ1) is 24.8. The third-order valence-electron chi connectivity index (χ3n) is 7.47. The molecule has 0 aromatic heterocycles.